The Kier molecular flexibility index (Phi) is 5.47. The molecule has 0 unspecified atom stereocenters. The number of benzene rings is 2. The minimum atomic E-state index is -2.25. The van der Waals surface area contributed by atoms with Gasteiger partial charge in [0.1, 0.15) is 0 Å². The van der Waals surface area contributed by atoms with Crippen molar-refractivity contribution in [2.24, 2.45) is 11.0 Å². The van der Waals surface area contributed by atoms with Crippen molar-refractivity contribution in [3.05, 3.63) is 70.0 Å². The highest BCUT2D eigenvalue weighted by Gasteiger charge is 2.44. The van der Waals surface area contributed by atoms with Crippen LogP contribution in [0.15, 0.2) is 29.4 Å². The lowest BCUT2D eigenvalue weighted by Crippen LogP contribution is -2.20. The first kappa shape index (κ1) is 21.0. The first-order valence-electron chi connectivity index (χ1n) is 8.97. The predicted octanol–water partition coefficient (Wildman–Crippen LogP) is 4.93. The number of amides is 1. The molecule has 0 aromatic heterocycles. The molecular formula is C21H19F5N2O. The molecular weight excluding hydrogens is 391 g/mol. The zero-order valence-electron chi connectivity index (χ0n) is 16.0. The first-order chi connectivity index (χ1) is 13.5. The van der Waals surface area contributed by atoms with Gasteiger partial charge in [-0.15, -0.1) is 0 Å². The van der Waals surface area contributed by atoms with Gasteiger partial charge >= 0.3 is 0 Å². The number of hydrogen-bond acceptors (Lipinski definition) is 2. The maximum Gasteiger partial charge on any atom is 0.243 e. The van der Waals surface area contributed by atoms with Gasteiger partial charge in [-0.2, -0.15) is 5.10 Å². The van der Waals surface area contributed by atoms with Gasteiger partial charge in [0, 0.05) is 5.92 Å². The second-order valence-electron chi connectivity index (χ2n) is 8.04. The van der Waals surface area contributed by atoms with Crippen LogP contribution >= 0.6 is 0 Å². The number of rotatable bonds is 4. The van der Waals surface area contributed by atoms with Gasteiger partial charge in [0.15, 0.2) is 23.3 Å². The van der Waals surface area contributed by atoms with Crippen LogP contribution < -0.4 is 5.43 Å². The van der Waals surface area contributed by atoms with Crippen LogP contribution in [-0.4, -0.2) is 12.1 Å². The number of hydrazone groups is 1. The third-order valence-corrected chi connectivity index (χ3v) is 4.94. The van der Waals surface area contributed by atoms with Crippen molar-refractivity contribution in [3.8, 4) is 0 Å². The summed E-state index contributed by atoms with van der Waals surface area (Å²) in [5.74, 6) is -11.3. The van der Waals surface area contributed by atoms with Crippen molar-refractivity contribution in [1.82, 2.24) is 5.43 Å². The number of nitrogens with one attached hydrogen (secondary N) is 1. The zero-order chi connectivity index (χ0) is 21.5. The smallest absolute Gasteiger partial charge is 0.243 e. The number of halogens is 5. The van der Waals surface area contributed by atoms with E-state index in [2.05, 4.69) is 31.3 Å². The highest BCUT2D eigenvalue weighted by molar-refractivity contribution is 5.85. The SMILES string of the molecule is CC(C)(C)c1ccc([C@H]2C[C@H]2C(=O)NN=Cc2c(F)c(F)c(F)c(F)c2F)cc1. The Balaban J connectivity index is 1.65. The molecule has 0 saturated heterocycles. The maximum atomic E-state index is 13.6. The number of carbonyl (C=O) groups excluding carboxylic acids is 1. The topological polar surface area (TPSA) is 41.5 Å². The summed E-state index contributed by atoms with van der Waals surface area (Å²) >= 11 is 0. The van der Waals surface area contributed by atoms with Gasteiger partial charge in [-0.05, 0) is 28.9 Å². The molecule has 0 bridgehead atoms. The Morgan fingerprint density at radius 3 is 2.00 bits per heavy atom. The van der Waals surface area contributed by atoms with Crippen LogP contribution in [0.2, 0.25) is 0 Å². The molecule has 1 aliphatic rings. The summed E-state index contributed by atoms with van der Waals surface area (Å²) in [4.78, 5) is 12.1. The van der Waals surface area contributed by atoms with Gasteiger partial charge in [0.25, 0.3) is 0 Å². The Labute approximate surface area is 164 Å². The van der Waals surface area contributed by atoms with Gasteiger partial charge in [-0.3, -0.25) is 4.79 Å². The molecule has 1 saturated carbocycles. The van der Waals surface area contributed by atoms with Crippen molar-refractivity contribution in [1.29, 1.82) is 0 Å². The van der Waals surface area contributed by atoms with Gasteiger partial charge in [0.2, 0.25) is 11.7 Å². The second-order valence-corrected chi connectivity index (χ2v) is 8.04. The van der Waals surface area contributed by atoms with Crippen LogP contribution in [0.4, 0.5) is 22.0 Å². The van der Waals surface area contributed by atoms with Crippen LogP contribution in [-0.2, 0) is 10.2 Å². The molecule has 0 spiro atoms. The summed E-state index contributed by atoms with van der Waals surface area (Å²) < 4.78 is 66.5. The Hall–Kier alpha value is -2.77. The summed E-state index contributed by atoms with van der Waals surface area (Å²) in [6, 6.07) is 7.92. The number of hydrogen-bond donors (Lipinski definition) is 1. The number of carbonyl (C=O) groups is 1. The molecule has 1 aliphatic carbocycles. The van der Waals surface area contributed by atoms with E-state index in [1.54, 1.807) is 0 Å². The molecule has 3 nitrogen and oxygen atoms in total. The van der Waals surface area contributed by atoms with E-state index in [-0.39, 0.29) is 17.3 Å². The molecule has 1 N–H and O–H groups in total. The Morgan fingerprint density at radius 2 is 1.48 bits per heavy atom. The van der Waals surface area contributed by atoms with Crippen molar-refractivity contribution in [3.63, 3.8) is 0 Å². The van der Waals surface area contributed by atoms with E-state index in [4.69, 9.17) is 0 Å². The zero-order valence-corrected chi connectivity index (χ0v) is 16.0. The number of nitrogens with zero attached hydrogens (tertiary/aromatic N) is 1. The van der Waals surface area contributed by atoms with Crippen molar-refractivity contribution in [2.75, 3.05) is 0 Å². The van der Waals surface area contributed by atoms with E-state index in [0.717, 1.165) is 11.1 Å². The fourth-order valence-corrected chi connectivity index (χ4v) is 3.06. The summed E-state index contributed by atoms with van der Waals surface area (Å²) in [5, 5.41) is 3.35. The van der Waals surface area contributed by atoms with Crippen molar-refractivity contribution in [2.45, 2.75) is 38.5 Å². The largest absolute Gasteiger partial charge is 0.273 e. The molecule has 1 fully saturated rings. The Bertz CT molecular complexity index is 951. The molecule has 3 rings (SSSR count). The van der Waals surface area contributed by atoms with Gasteiger partial charge in [0.05, 0.1) is 11.8 Å². The summed E-state index contributed by atoms with van der Waals surface area (Å²) in [6.07, 6.45) is 0.989. The average Bonchev–Trinajstić information content (AvgIpc) is 3.48. The minimum absolute atomic E-state index is 0.00611. The van der Waals surface area contributed by atoms with E-state index >= 15 is 0 Å². The fourth-order valence-electron chi connectivity index (χ4n) is 3.06. The maximum absolute atomic E-state index is 13.6. The normalized spacial score (nSPS) is 18.9. The van der Waals surface area contributed by atoms with Crippen molar-refractivity contribution >= 4 is 12.1 Å². The third-order valence-electron chi connectivity index (χ3n) is 4.94. The molecule has 154 valence electrons. The molecule has 29 heavy (non-hydrogen) atoms. The van der Waals surface area contributed by atoms with E-state index < -0.39 is 40.6 Å². The van der Waals surface area contributed by atoms with E-state index in [1.807, 2.05) is 24.3 Å². The lowest BCUT2D eigenvalue weighted by molar-refractivity contribution is -0.122. The van der Waals surface area contributed by atoms with E-state index in [0.29, 0.717) is 12.6 Å². The lowest BCUT2D eigenvalue weighted by atomic mass is 9.86. The highest BCUT2D eigenvalue weighted by atomic mass is 19.2. The minimum Gasteiger partial charge on any atom is -0.273 e. The van der Waals surface area contributed by atoms with E-state index in [1.165, 1.54) is 0 Å². The van der Waals surface area contributed by atoms with Crippen molar-refractivity contribution < 1.29 is 26.7 Å². The summed E-state index contributed by atoms with van der Waals surface area (Å²) in [5.41, 5.74) is 3.04. The quantitative estimate of drug-likeness (QED) is 0.251. The average molecular weight is 410 g/mol. The molecule has 2 aromatic rings. The summed E-state index contributed by atoms with van der Waals surface area (Å²) in [6.45, 7) is 6.29. The standard InChI is InChI=1S/C21H19F5N2O/c1-21(2,3)11-6-4-10(5-7-11)12-8-13(12)20(29)28-27-9-14-15(22)17(24)19(26)18(25)16(14)23/h4-7,9,12-13H,8H2,1-3H3,(H,28,29)/t12-,13-/m1/s1. The fraction of sp³-hybridized carbons (Fsp3) is 0.333. The van der Waals surface area contributed by atoms with Crippen LogP contribution in [0.1, 0.15) is 49.8 Å². The van der Waals surface area contributed by atoms with Gasteiger partial charge in [-0.25, -0.2) is 27.4 Å². The molecule has 1 amide bonds. The van der Waals surface area contributed by atoms with Crippen LogP contribution in [0.25, 0.3) is 0 Å². The molecule has 2 atom stereocenters. The lowest BCUT2D eigenvalue weighted by Gasteiger charge is -2.19. The molecule has 8 heteroatoms. The first-order valence-corrected chi connectivity index (χ1v) is 8.97. The monoisotopic (exact) mass is 410 g/mol. The molecule has 0 aliphatic heterocycles. The second kappa shape index (κ2) is 7.57. The molecule has 0 heterocycles. The van der Waals surface area contributed by atoms with Crippen LogP contribution in [0, 0.1) is 35.0 Å². The Morgan fingerprint density at radius 1 is 0.966 bits per heavy atom. The van der Waals surface area contributed by atoms with Crippen LogP contribution in [0.3, 0.4) is 0 Å². The molecule has 2 aromatic carbocycles. The predicted molar refractivity (Wildman–Crippen MR) is 98.0 cm³/mol. The highest BCUT2D eigenvalue weighted by Crippen LogP contribution is 2.47. The van der Waals surface area contributed by atoms with E-state index in [9.17, 15) is 26.7 Å². The van der Waals surface area contributed by atoms with Gasteiger partial charge < -0.3 is 0 Å². The summed E-state index contributed by atoms with van der Waals surface area (Å²) in [7, 11) is 0. The van der Waals surface area contributed by atoms with Gasteiger partial charge in [-0.1, -0.05) is 45.0 Å². The third kappa shape index (κ3) is 4.16. The van der Waals surface area contributed by atoms with Crippen LogP contribution in [0.5, 0.6) is 0 Å². The molecule has 0 radical (unpaired) electrons.